The van der Waals surface area contributed by atoms with Gasteiger partial charge in [0.15, 0.2) is 0 Å². The lowest BCUT2D eigenvalue weighted by molar-refractivity contribution is -0.00882. The third-order valence-electron chi connectivity index (χ3n) is 5.38. The van der Waals surface area contributed by atoms with Gasteiger partial charge in [-0.3, -0.25) is 0 Å². The summed E-state index contributed by atoms with van der Waals surface area (Å²) in [6.45, 7) is 11.4. The van der Waals surface area contributed by atoms with Gasteiger partial charge in [-0.2, -0.15) is 0 Å². The largest absolute Gasteiger partial charge is 0.389 e. The first-order chi connectivity index (χ1) is 9.99. The van der Waals surface area contributed by atoms with Crippen molar-refractivity contribution in [2.45, 2.75) is 78.5 Å². The fourth-order valence-electron chi connectivity index (χ4n) is 3.77. The van der Waals surface area contributed by atoms with Gasteiger partial charge >= 0.3 is 0 Å². The Morgan fingerprint density at radius 1 is 1.29 bits per heavy atom. The number of hydrogen-bond donors (Lipinski definition) is 2. The van der Waals surface area contributed by atoms with Gasteiger partial charge in [-0.1, -0.05) is 13.3 Å². The Kier molecular flexibility index (Phi) is 5.50. The maximum absolute atomic E-state index is 10.7. The van der Waals surface area contributed by atoms with Gasteiger partial charge in [0.25, 0.3) is 0 Å². The van der Waals surface area contributed by atoms with E-state index in [1.807, 2.05) is 0 Å². The number of aromatic nitrogens is 1. The fourth-order valence-corrected chi connectivity index (χ4v) is 3.77. The summed E-state index contributed by atoms with van der Waals surface area (Å²) in [7, 11) is 0. The smallest absolute Gasteiger partial charge is 0.0771 e. The predicted molar refractivity (Wildman–Crippen MR) is 88.5 cm³/mol. The second kappa shape index (κ2) is 6.97. The second-order valence-electron chi connectivity index (χ2n) is 6.82. The topological polar surface area (TPSA) is 37.2 Å². The molecule has 0 saturated heterocycles. The van der Waals surface area contributed by atoms with Crippen LogP contribution in [0.25, 0.3) is 0 Å². The predicted octanol–water partition coefficient (Wildman–Crippen LogP) is 3.55. The Bertz CT molecular complexity index is 456. The van der Waals surface area contributed by atoms with Gasteiger partial charge < -0.3 is 15.0 Å². The van der Waals surface area contributed by atoms with Crippen molar-refractivity contribution in [1.82, 2.24) is 9.88 Å². The molecule has 2 rings (SSSR count). The number of rotatable bonds is 6. The highest BCUT2D eigenvalue weighted by Gasteiger charge is 2.32. The van der Waals surface area contributed by atoms with Crippen molar-refractivity contribution in [1.29, 1.82) is 0 Å². The van der Waals surface area contributed by atoms with E-state index in [1.165, 1.54) is 36.2 Å². The molecule has 0 unspecified atom stereocenters. The number of nitrogens with zero attached hydrogens (tertiary/aromatic N) is 1. The molecular weight excluding hydrogens is 260 g/mol. The molecule has 3 heteroatoms. The van der Waals surface area contributed by atoms with Crippen molar-refractivity contribution in [3.63, 3.8) is 0 Å². The molecule has 1 aromatic rings. The Morgan fingerprint density at radius 3 is 2.48 bits per heavy atom. The van der Waals surface area contributed by atoms with Crippen molar-refractivity contribution in [3.05, 3.63) is 23.0 Å². The Hall–Kier alpha value is -0.800. The summed E-state index contributed by atoms with van der Waals surface area (Å²) < 4.78 is 2.35. The van der Waals surface area contributed by atoms with Gasteiger partial charge in [0.05, 0.1) is 5.60 Å². The molecule has 0 amide bonds. The summed E-state index contributed by atoms with van der Waals surface area (Å²) in [6, 6.07) is 2.27. The van der Waals surface area contributed by atoms with Crippen LogP contribution < -0.4 is 5.32 Å². The standard InChI is InChI=1S/C18H32N2O/c1-5-16-7-9-18(21,10-8-16)13-19-12-17-11-14(3)20(6-2)15(17)4/h11,16,19,21H,5-10,12-13H2,1-4H3. The minimum Gasteiger partial charge on any atom is -0.389 e. The molecule has 0 spiro atoms. The minimum absolute atomic E-state index is 0.484. The molecule has 1 saturated carbocycles. The molecule has 0 radical (unpaired) electrons. The van der Waals surface area contributed by atoms with E-state index in [1.54, 1.807) is 0 Å². The van der Waals surface area contributed by atoms with E-state index < -0.39 is 5.60 Å². The third-order valence-corrected chi connectivity index (χ3v) is 5.38. The summed E-state index contributed by atoms with van der Waals surface area (Å²) in [5.74, 6) is 0.828. The Morgan fingerprint density at radius 2 is 1.95 bits per heavy atom. The normalized spacial score (nSPS) is 26.2. The van der Waals surface area contributed by atoms with E-state index in [-0.39, 0.29) is 0 Å². The van der Waals surface area contributed by atoms with Crippen molar-refractivity contribution < 1.29 is 5.11 Å². The van der Waals surface area contributed by atoms with E-state index in [4.69, 9.17) is 0 Å². The first-order valence-electron chi connectivity index (χ1n) is 8.57. The number of hydrogen-bond acceptors (Lipinski definition) is 2. The molecular formula is C18H32N2O. The maximum atomic E-state index is 10.7. The average molecular weight is 292 g/mol. The molecule has 0 bridgehead atoms. The molecule has 21 heavy (non-hydrogen) atoms. The van der Waals surface area contributed by atoms with Crippen LogP contribution >= 0.6 is 0 Å². The second-order valence-corrected chi connectivity index (χ2v) is 6.82. The zero-order valence-corrected chi connectivity index (χ0v) is 14.2. The summed E-state index contributed by atoms with van der Waals surface area (Å²) >= 11 is 0. The van der Waals surface area contributed by atoms with Gasteiger partial charge in [-0.05, 0) is 64.0 Å². The summed E-state index contributed by atoms with van der Waals surface area (Å²) in [5, 5.41) is 14.2. The lowest BCUT2D eigenvalue weighted by Crippen LogP contribution is -2.43. The number of aryl methyl sites for hydroxylation is 1. The van der Waals surface area contributed by atoms with Crippen LogP contribution in [0.15, 0.2) is 6.07 Å². The summed E-state index contributed by atoms with van der Waals surface area (Å²) in [6.07, 6.45) is 5.52. The molecule has 0 aliphatic heterocycles. The highest BCUT2D eigenvalue weighted by molar-refractivity contribution is 5.26. The average Bonchev–Trinajstić information content (AvgIpc) is 2.74. The highest BCUT2D eigenvalue weighted by Crippen LogP contribution is 2.33. The molecule has 120 valence electrons. The van der Waals surface area contributed by atoms with Gasteiger partial charge in [-0.15, -0.1) is 0 Å². The van der Waals surface area contributed by atoms with Crippen molar-refractivity contribution in [2.75, 3.05) is 6.54 Å². The van der Waals surface area contributed by atoms with Crippen LogP contribution in [0.5, 0.6) is 0 Å². The maximum Gasteiger partial charge on any atom is 0.0771 e. The first-order valence-corrected chi connectivity index (χ1v) is 8.57. The zero-order valence-electron chi connectivity index (χ0n) is 14.2. The fraction of sp³-hybridized carbons (Fsp3) is 0.778. The van der Waals surface area contributed by atoms with Crippen LogP contribution in [-0.2, 0) is 13.1 Å². The number of nitrogens with one attached hydrogen (secondary N) is 1. The van der Waals surface area contributed by atoms with E-state index >= 15 is 0 Å². The minimum atomic E-state index is -0.484. The lowest BCUT2D eigenvalue weighted by atomic mass is 9.78. The molecule has 3 nitrogen and oxygen atoms in total. The molecule has 0 aromatic carbocycles. The molecule has 1 heterocycles. The van der Waals surface area contributed by atoms with Gasteiger partial charge in [0.1, 0.15) is 0 Å². The Labute approximate surface area is 129 Å². The van der Waals surface area contributed by atoms with E-state index in [0.29, 0.717) is 0 Å². The molecule has 1 aliphatic rings. The quantitative estimate of drug-likeness (QED) is 0.841. The van der Waals surface area contributed by atoms with Crippen molar-refractivity contribution in [3.8, 4) is 0 Å². The van der Waals surface area contributed by atoms with Gasteiger partial charge in [-0.25, -0.2) is 0 Å². The van der Waals surface area contributed by atoms with Crippen LogP contribution in [0.1, 0.15) is 62.9 Å². The van der Waals surface area contributed by atoms with Crippen LogP contribution in [-0.4, -0.2) is 21.8 Å². The SMILES string of the molecule is CCC1CCC(O)(CNCc2cc(C)n(CC)c2C)CC1. The molecule has 1 aliphatic carbocycles. The van der Waals surface area contributed by atoms with Gasteiger partial charge in [0, 0.05) is 31.0 Å². The van der Waals surface area contributed by atoms with Crippen LogP contribution in [0.2, 0.25) is 0 Å². The van der Waals surface area contributed by atoms with E-state index in [0.717, 1.165) is 38.4 Å². The Balaban J connectivity index is 1.84. The summed E-state index contributed by atoms with van der Waals surface area (Å²) in [4.78, 5) is 0. The first kappa shape index (κ1) is 16.6. The molecule has 1 fully saturated rings. The molecule has 0 atom stereocenters. The lowest BCUT2D eigenvalue weighted by Gasteiger charge is -2.36. The van der Waals surface area contributed by atoms with Crippen LogP contribution in [0, 0.1) is 19.8 Å². The number of aliphatic hydroxyl groups is 1. The molecule has 2 N–H and O–H groups in total. The monoisotopic (exact) mass is 292 g/mol. The highest BCUT2D eigenvalue weighted by atomic mass is 16.3. The van der Waals surface area contributed by atoms with E-state index in [9.17, 15) is 5.11 Å². The van der Waals surface area contributed by atoms with Crippen LogP contribution in [0.4, 0.5) is 0 Å². The van der Waals surface area contributed by atoms with Crippen molar-refractivity contribution >= 4 is 0 Å². The van der Waals surface area contributed by atoms with Crippen LogP contribution in [0.3, 0.4) is 0 Å². The molecule has 1 aromatic heterocycles. The summed E-state index contributed by atoms with van der Waals surface area (Å²) in [5.41, 5.74) is 3.56. The van der Waals surface area contributed by atoms with E-state index in [2.05, 4.69) is 43.6 Å². The third kappa shape index (κ3) is 3.89. The van der Waals surface area contributed by atoms with Gasteiger partial charge in [0.2, 0.25) is 0 Å². The van der Waals surface area contributed by atoms with Crippen molar-refractivity contribution in [2.24, 2.45) is 5.92 Å². The zero-order chi connectivity index (χ0) is 15.5.